The summed E-state index contributed by atoms with van der Waals surface area (Å²) in [6.07, 6.45) is 22.9. The Morgan fingerprint density at radius 3 is 1.98 bits per heavy atom. The molecule has 0 unspecified atom stereocenters. The molecular formula is C49H79FN2O11. The molecule has 0 bridgehead atoms. The van der Waals surface area contributed by atoms with Crippen LogP contribution in [0.2, 0.25) is 0 Å². The fourth-order valence-electron chi connectivity index (χ4n) is 12.7. The molecule has 13 nitrogen and oxygen atoms in total. The van der Waals surface area contributed by atoms with Gasteiger partial charge in [-0.2, -0.15) is 4.39 Å². The summed E-state index contributed by atoms with van der Waals surface area (Å²) in [5.74, 6) is -1.03. The lowest BCUT2D eigenvalue weighted by molar-refractivity contribution is -0.209. The molecule has 0 amide bonds. The molecule has 0 aliphatic heterocycles. The normalized spacial score (nSPS) is 30.5. The van der Waals surface area contributed by atoms with Crippen LogP contribution in [0.25, 0.3) is 0 Å². The average Bonchev–Trinajstić information content (AvgIpc) is 3.61. The van der Waals surface area contributed by atoms with Crippen LogP contribution in [0.5, 0.6) is 0 Å². The van der Waals surface area contributed by atoms with Crippen LogP contribution >= 0.6 is 0 Å². The van der Waals surface area contributed by atoms with E-state index in [0.717, 1.165) is 87.8 Å². The highest BCUT2D eigenvalue weighted by molar-refractivity contribution is 5.69. The molecule has 4 fully saturated rings. The first kappa shape index (κ1) is 50.9. The third kappa shape index (κ3) is 13.7. The number of carboxylic acid groups (broad SMARTS) is 1. The Bertz CT molecular complexity index is 1730. The first-order valence-electron chi connectivity index (χ1n) is 24.6. The summed E-state index contributed by atoms with van der Waals surface area (Å²) in [7, 11) is 0. The van der Waals surface area contributed by atoms with Crippen LogP contribution in [-0.2, 0) is 35.3 Å². The lowest BCUT2D eigenvalue weighted by atomic mass is 9.43. The Labute approximate surface area is 373 Å². The lowest BCUT2D eigenvalue weighted by Crippen LogP contribution is -2.62. The fourth-order valence-corrected chi connectivity index (χ4v) is 12.7. The van der Waals surface area contributed by atoms with Crippen molar-refractivity contribution in [1.29, 1.82) is 0 Å². The number of hydrogen-bond donors (Lipinski definition) is 4. The van der Waals surface area contributed by atoms with Gasteiger partial charge in [-0.05, 0) is 111 Å². The second-order valence-electron chi connectivity index (χ2n) is 20.3. The molecule has 0 spiro atoms. The van der Waals surface area contributed by atoms with Gasteiger partial charge in [-0.1, -0.05) is 97.8 Å². The summed E-state index contributed by atoms with van der Waals surface area (Å²) in [5, 5.41) is 32.9. The molecule has 4 aliphatic rings. The van der Waals surface area contributed by atoms with E-state index in [2.05, 4.69) is 20.8 Å². The predicted molar refractivity (Wildman–Crippen MR) is 236 cm³/mol. The Kier molecular flexibility index (Phi) is 19.7. The van der Waals surface area contributed by atoms with Crippen molar-refractivity contribution in [2.45, 2.75) is 206 Å². The van der Waals surface area contributed by atoms with Crippen molar-refractivity contribution >= 4 is 17.9 Å². The zero-order chi connectivity index (χ0) is 45.6. The minimum atomic E-state index is -1.11. The van der Waals surface area contributed by atoms with Gasteiger partial charge in [0.15, 0.2) is 6.73 Å². The van der Waals surface area contributed by atoms with E-state index >= 15 is 0 Å². The van der Waals surface area contributed by atoms with E-state index in [-0.39, 0.29) is 71.9 Å². The van der Waals surface area contributed by atoms with Crippen LogP contribution in [0, 0.1) is 52.2 Å². The van der Waals surface area contributed by atoms with Gasteiger partial charge < -0.3 is 29.5 Å². The molecule has 0 saturated heterocycles. The standard InChI is InChI=1S/C49H79FN2O11/c1-33(20-23-42(55)56)36-21-22-37-45-38(30-41(54)49(36,37)3)48(2)25-24-35(28-34(48)29-40(45)53)61-26-27-62-43(57)18-16-14-12-10-8-6-4-5-7-9-11-13-15-17-19-44(58)63-32-52-31-39(50)46(59)51-47(52)60/h31,33-38,40-41,45,53-54H,4-30,32H2,1-3H3,(H,55,56)(H,51,59,60)/t33-,34+,35+,36-,37+,38+,40-,41+,45+,48+,49-/m1/s1. The van der Waals surface area contributed by atoms with E-state index < -0.39 is 47.9 Å². The highest BCUT2D eigenvalue weighted by Crippen LogP contribution is 2.68. The second-order valence-corrected chi connectivity index (χ2v) is 20.3. The summed E-state index contributed by atoms with van der Waals surface area (Å²) in [5.41, 5.74) is -2.19. The summed E-state index contributed by atoms with van der Waals surface area (Å²) in [6, 6.07) is 0. The number of rotatable bonds is 27. The van der Waals surface area contributed by atoms with Crippen molar-refractivity contribution in [3.8, 4) is 0 Å². The molecule has 63 heavy (non-hydrogen) atoms. The van der Waals surface area contributed by atoms with Crippen LogP contribution in [0.1, 0.15) is 181 Å². The third-order valence-electron chi connectivity index (χ3n) is 16.4. The Morgan fingerprint density at radius 1 is 0.794 bits per heavy atom. The van der Waals surface area contributed by atoms with E-state index in [1.165, 1.54) is 44.9 Å². The number of nitrogens with one attached hydrogen (secondary N) is 1. The number of aliphatic hydroxyl groups excluding tert-OH is 2. The number of carbonyl (C=O) groups excluding carboxylic acids is 2. The van der Waals surface area contributed by atoms with Crippen molar-refractivity contribution in [3.05, 3.63) is 32.9 Å². The zero-order valence-corrected chi connectivity index (χ0v) is 38.5. The van der Waals surface area contributed by atoms with Crippen molar-refractivity contribution in [1.82, 2.24) is 9.55 Å². The van der Waals surface area contributed by atoms with E-state index in [1.54, 1.807) is 0 Å². The minimum absolute atomic E-state index is 0.0353. The molecular weight excluding hydrogens is 812 g/mol. The molecule has 4 saturated carbocycles. The molecule has 4 aliphatic carbocycles. The van der Waals surface area contributed by atoms with Crippen molar-refractivity contribution in [2.24, 2.45) is 46.3 Å². The average molecular weight is 891 g/mol. The van der Waals surface area contributed by atoms with E-state index in [1.807, 2.05) is 4.98 Å². The maximum atomic E-state index is 13.3. The van der Waals surface area contributed by atoms with Gasteiger partial charge in [0.1, 0.15) is 6.61 Å². The van der Waals surface area contributed by atoms with Gasteiger partial charge in [-0.25, -0.2) is 4.79 Å². The van der Waals surface area contributed by atoms with Gasteiger partial charge in [0.2, 0.25) is 5.82 Å². The van der Waals surface area contributed by atoms with Crippen molar-refractivity contribution < 1.29 is 48.3 Å². The summed E-state index contributed by atoms with van der Waals surface area (Å²) in [6.45, 7) is 6.97. The van der Waals surface area contributed by atoms with Gasteiger partial charge in [-0.15, -0.1) is 0 Å². The summed E-state index contributed by atoms with van der Waals surface area (Å²) < 4.78 is 30.9. The second kappa shape index (κ2) is 24.4. The maximum absolute atomic E-state index is 13.3. The number of aliphatic carboxylic acids is 1. The molecule has 14 heteroatoms. The van der Waals surface area contributed by atoms with Gasteiger partial charge in [0.05, 0.1) is 31.1 Å². The van der Waals surface area contributed by atoms with Gasteiger partial charge in [0.25, 0.3) is 5.56 Å². The smallest absolute Gasteiger partial charge is 0.331 e. The van der Waals surface area contributed by atoms with Crippen molar-refractivity contribution in [3.63, 3.8) is 0 Å². The molecule has 11 atom stereocenters. The number of unbranched alkanes of at least 4 members (excludes halogenated alkanes) is 13. The number of halogens is 1. The van der Waals surface area contributed by atoms with E-state index in [4.69, 9.17) is 14.2 Å². The van der Waals surface area contributed by atoms with Crippen LogP contribution in [0.15, 0.2) is 15.8 Å². The molecule has 358 valence electrons. The SMILES string of the molecule is C[C@H](CCC(=O)O)[C@H]1CC[C@H]2[C@@H]3[C@H](O)C[C@@H]4C[C@@H](OCCOC(=O)CCCCCCCCCCCCCCCCC(=O)OCn5cc(F)c(=O)[nH]c5=O)CC[C@]4(C)[C@H]3C[C@H](O)[C@]12C. The summed E-state index contributed by atoms with van der Waals surface area (Å²) in [4.78, 5) is 60.1. The molecule has 1 aromatic heterocycles. The monoisotopic (exact) mass is 891 g/mol. The first-order chi connectivity index (χ1) is 30.1. The Balaban J connectivity index is 0.830. The number of aromatic amines is 1. The fraction of sp³-hybridized carbons (Fsp3) is 0.857. The Hall–Kier alpha value is -3.10. The minimum Gasteiger partial charge on any atom is -0.481 e. The number of nitrogens with zero attached hydrogens (tertiary/aromatic N) is 1. The van der Waals surface area contributed by atoms with Crippen LogP contribution < -0.4 is 11.2 Å². The molecule has 5 rings (SSSR count). The molecule has 0 aromatic carbocycles. The number of aliphatic hydroxyl groups is 2. The maximum Gasteiger partial charge on any atom is 0.331 e. The van der Waals surface area contributed by atoms with Gasteiger partial charge >= 0.3 is 23.6 Å². The van der Waals surface area contributed by atoms with Crippen LogP contribution in [-0.4, -0.2) is 74.3 Å². The molecule has 0 radical (unpaired) electrons. The number of aromatic nitrogens is 2. The number of fused-ring (bicyclic) bond motifs is 5. The summed E-state index contributed by atoms with van der Waals surface area (Å²) >= 11 is 0. The number of carbonyl (C=O) groups is 3. The highest BCUT2D eigenvalue weighted by atomic mass is 19.1. The number of H-pyrrole nitrogens is 1. The quantitative estimate of drug-likeness (QED) is 0.0489. The first-order valence-corrected chi connectivity index (χ1v) is 24.6. The largest absolute Gasteiger partial charge is 0.481 e. The molecule has 4 N–H and O–H groups in total. The molecule has 1 aromatic rings. The number of ether oxygens (including phenoxy) is 3. The van der Waals surface area contributed by atoms with Crippen LogP contribution in [0.3, 0.4) is 0 Å². The zero-order valence-electron chi connectivity index (χ0n) is 38.5. The topological polar surface area (TPSA) is 194 Å². The van der Waals surface area contributed by atoms with Crippen LogP contribution in [0.4, 0.5) is 4.39 Å². The lowest BCUT2D eigenvalue weighted by Gasteiger charge is -2.63. The highest BCUT2D eigenvalue weighted by Gasteiger charge is 2.65. The van der Waals surface area contributed by atoms with Gasteiger partial charge in [-0.3, -0.25) is 28.7 Å². The number of carboxylic acids is 1. The molecule has 1 heterocycles. The number of esters is 2. The Morgan fingerprint density at radius 2 is 1.38 bits per heavy atom. The predicted octanol–water partition coefficient (Wildman–Crippen LogP) is 8.45. The van der Waals surface area contributed by atoms with E-state index in [9.17, 15) is 43.7 Å². The van der Waals surface area contributed by atoms with Gasteiger partial charge in [0, 0.05) is 19.3 Å². The van der Waals surface area contributed by atoms with Crippen molar-refractivity contribution in [2.75, 3.05) is 13.2 Å². The van der Waals surface area contributed by atoms with E-state index in [0.29, 0.717) is 38.2 Å². The number of hydrogen-bond acceptors (Lipinski definition) is 10. The third-order valence-corrected chi connectivity index (χ3v) is 16.4.